The number of hydrogen-bond acceptors (Lipinski definition) is 3. The Morgan fingerprint density at radius 3 is 2.25 bits per heavy atom. The molecule has 5 nitrogen and oxygen atoms in total. The van der Waals surface area contributed by atoms with Crippen LogP contribution in [0.15, 0.2) is 0 Å². The van der Waals surface area contributed by atoms with Gasteiger partial charge in [0, 0.05) is 13.7 Å². The molecule has 0 aromatic carbocycles. The van der Waals surface area contributed by atoms with Crippen LogP contribution in [0.1, 0.15) is 13.3 Å². The van der Waals surface area contributed by atoms with Gasteiger partial charge in [-0.25, -0.2) is 0 Å². The molecular weight excluding hydrogens is 206 g/mol. The highest BCUT2D eigenvalue weighted by molar-refractivity contribution is 7.83. The second kappa shape index (κ2) is 6.62. The van der Waals surface area contributed by atoms with Crippen molar-refractivity contribution in [3.8, 4) is 0 Å². The maximum atomic E-state index is 10.5. The van der Waals surface area contributed by atoms with Crippen molar-refractivity contribution in [2.24, 2.45) is 0 Å². The van der Waals surface area contributed by atoms with E-state index in [-0.39, 0.29) is 25.7 Å². The van der Waals surface area contributed by atoms with Crippen LogP contribution in [-0.4, -0.2) is 37.7 Å². The summed E-state index contributed by atoms with van der Waals surface area (Å²) in [4.78, 5) is 0. The van der Waals surface area contributed by atoms with Gasteiger partial charge in [-0.15, -0.1) is 12.4 Å². The van der Waals surface area contributed by atoms with E-state index in [4.69, 9.17) is 4.55 Å². The molecule has 0 bridgehead atoms. The topological polar surface area (TPSA) is 66.8 Å². The molecule has 0 spiro atoms. The van der Waals surface area contributed by atoms with Crippen LogP contribution in [-0.2, 0) is 15.0 Å². The average Bonchev–Trinajstić information content (AvgIpc) is 1.85. The molecule has 0 aliphatic rings. The SMILES string of the molecule is CCCN(COC)S(=O)(=O)O.Cl. The van der Waals surface area contributed by atoms with E-state index in [9.17, 15) is 8.42 Å². The van der Waals surface area contributed by atoms with E-state index in [0.717, 1.165) is 4.31 Å². The summed E-state index contributed by atoms with van der Waals surface area (Å²) in [6.07, 6.45) is 0.642. The molecule has 7 heteroatoms. The van der Waals surface area contributed by atoms with Crippen molar-refractivity contribution in [3.63, 3.8) is 0 Å². The van der Waals surface area contributed by atoms with E-state index in [1.165, 1.54) is 7.11 Å². The molecule has 0 unspecified atom stereocenters. The fraction of sp³-hybridized carbons (Fsp3) is 1.00. The molecule has 0 aromatic heterocycles. The van der Waals surface area contributed by atoms with Crippen LogP contribution in [0.3, 0.4) is 0 Å². The van der Waals surface area contributed by atoms with Gasteiger partial charge < -0.3 is 4.74 Å². The number of methoxy groups -OCH3 is 1. The Labute approximate surface area is 79.0 Å². The van der Waals surface area contributed by atoms with Gasteiger partial charge in [-0.05, 0) is 6.42 Å². The highest BCUT2D eigenvalue weighted by Gasteiger charge is 2.16. The minimum absolute atomic E-state index is 0. The smallest absolute Gasteiger partial charge is 0.337 e. The largest absolute Gasteiger partial charge is 0.368 e. The molecule has 0 fully saturated rings. The Balaban J connectivity index is 0. The number of nitrogens with zero attached hydrogens (tertiary/aromatic N) is 1. The summed E-state index contributed by atoms with van der Waals surface area (Å²) in [6, 6.07) is 0. The van der Waals surface area contributed by atoms with Crippen LogP contribution in [0.25, 0.3) is 0 Å². The molecular formula is C5H14ClNO4S. The van der Waals surface area contributed by atoms with E-state index >= 15 is 0 Å². The maximum absolute atomic E-state index is 10.5. The van der Waals surface area contributed by atoms with Gasteiger partial charge in [0.1, 0.15) is 6.73 Å². The number of ether oxygens (including phenoxy) is 1. The molecule has 0 rings (SSSR count). The molecule has 0 aliphatic heterocycles. The predicted octanol–water partition coefficient (Wildman–Crippen LogP) is 0.527. The van der Waals surface area contributed by atoms with Crippen LogP contribution in [0.2, 0.25) is 0 Å². The molecule has 0 saturated carbocycles. The van der Waals surface area contributed by atoms with E-state index in [1.54, 1.807) is 0 Å². The first-order valence-corrected chi connectivity index (χ1v) is 4.63. The van der Waals surface area contributed by atoms with Crippen LogP contribution in [0.4, 0.5) is 0 Å². The van der Waals surface area contributed by atoms with Crippen molar-refractivity contribution in [1.29, 1.82) is 0 Å². The van der Waals surface area contributed by atoms with Gasteiger partial charge in [-0.3, -0.25) is 4.55 Å². The zero-order chi connectivity index (χ0) is 8.91. The van der Waals surface area contributed by atoms with Gasteiger partial charge in [0.2, 0.25) is 0 Å². The Bertz CT molecular complexity index is 188. The monoisotopic (exact) mass is 219 g/mol. The van der Waals surface area contributed by atoms with Crippen molar-refractivity contribution in [2.45, 2.75) is 13.3 Å². The first-order chi connectivity index (χ1) is 5.02. The molecule has 0 aliphatic carbocycles. The van der Waals surface area contributed by atoms with Crippen molar-refractivity contribution in [1.82, 2.24) is 4.31 Å². The van der Waals surface area contributed by atoms with Crippen molar-refractivity contribution in [2.75, 3.05) is 20.4 Å². The summed E-state index contributed by atoms with van der Waals surface area (Å²) in [5, 5.41) is 0. The highest BCUT2D eigenvalue weighted by Crippen LogP contribution is 1.97. The second-order valence-electron chi connectivity index (χ2n) is 2.07. The number of hydrogen-bond donors (Lipinski definition) is 1. The normalized spacial score (nSPS) is 11.3. The zero-order valence-electron chi connectivity index (χ0n) is 7.06. The Hall–Kier alpha value is 0.120. The van der Waals surface area contributed by atoms with E-state index in [1.807, 2.05) is 6.92 Å². The summed E-state index contributed by atoms with van der Waals surface area (Å²) in [7, 11) is -2.71. The van der Waals surface area contributed by atoms with Gasteiger partial charge in [-0.2, -0.15) is 12.7 Å². The molecule has 0 amide bonds. The van der Waals surface area contributed by atoms with Gasteiger partial charge in [0.05, 0.1) is 0 Å². The zero-order valence-corrected chi connectivity index (χ0v) is 8.69. The third kappa shape index (κ3) is 5.73. The average molecular weight is 220 g/mol. The minimum Gasteiger partial charge on any atom is -0.368 e. The van der Waals surface area contributed by atoms with Crippen LogP contribution < -0.4 is 0 Å². The molecule has 76 valence electrons. The van der Waals surface area contributed by atoms with Crippen LogP contribution >= 0.6 is 12.4 Å². The molecule has 0 heterocycles. The fourth-order valence-electron chi connectivity index (χ4n) is 0.640. The van der Waals surface area contributed by atoms with Gasteiger partial charge in [0.15, 0.2) is 0 Å². The quantitative estimate of drug-likeness (QED) is 0.541. The van der Waals surface area contributed by atoms with Gasteiger partial charge >= 0.3 is 10.3 Å². The van der Waals surface area contributed by atoms with Crippen molar-refractivity contribution in [3.05, 3.63) is 0 Å². The standard InChI is InChI=1S/C5H13NO4S.ClH/c1-3-4-6(5-10-2)11(7,8)9;/h3-5H2,1-2H3,(H,7,8,9);1H. The van der Waals surface area contributed by atoms with Crippen LogP contribution in [0.5, 0.6) is 0 Å². The molecule has 0 radical (unpaired) electrons. The van der Waals surface area contributed by atoms with Crippen molar-refractivity contribution >= 4 is 22.7 Å². The van der Waals surface area contributed by atoms with Gasteiger partial charge in [-0.1, -0.05) is 6.92 Å². The first kappa shape index (κ1) is 14.6. The van der Waals surface area contributed by atoms with E-state index < -0.39 is 10.3 Å². The first-order valence-electron chi connectivity index (χ1n) is 3.23. The molecule has 12 heavy (non-hydrogen) atoms. The maximum Gasteiger partial charge on any atom is 0.337 e. The van der Waals surface area contributed by atoms with E-state index in [0.29, 0.717) is 6.42 Å². The third-order valence-electron chi connectivity index (χ3n) is 1.07. The third-order valence-corrected chi connectivity index (χ3v) is 2.01. The summed E-state index contributed by atoms with van der Waals surface area (Å²) in [5.74, 6) is 0. The summed E-state index contributed by atoms with van der Waals surface area (Å²) in [6.45, 7) is 1.98. The van der Waals surface area contributed by atoms with E-state index in [2.05, 4.69) is 4.74 Å². The lowest BCUT2D eigenvalue weighted by Gasteiger charge is -2.15. The number of rotatable bonds is 5. The Morgan fingerprint density at radius 2 is 2.00 bits per heavy atom. The molecule has 0 saturated heterocycles. The lowest BCUT2D eigenvalue weighted by molar-refractivity contribution is 0.110. The van der Waals surface area contributed by atoms with Crippen molar-refractivity contribution < 1.29 is 17.7 Å². The summed E-state index contributed by atoms with van der Waals surface area (Å²) in [5.41, 5.74) is 0. The Morgan fingerprint density at radius 1 is 1.50 bits per heavy atom. The molecule has 1 N–H and O–H groups in total. The van der Waals surface area contributed by atoms with Gasteiger partial charge in [0.25, 0.3) is 0 Å². The fourth-order valence-corrected chi connectivity index (χ4v) is 1.29. The highest BCUT2D eigenvalue weighted by atomic mass is 35.5. The van der Waals surface area contributed by atoms with Crippen LogP contribution in [0, 0.1) is 0 Å². The minimum atomic E-state index is -4.08. The summed E-state index contributed by atoms with van der Waals surface area (Å²) >= 11 is 0. The molecule has 0 atom stereocenters. The number of halogens is 1. The second-order valence-corrected chi connectivity index (χ2v) is 3.48. The molecule has 0 aromatic rings. The Kier molecular flexibility index (Phi) is 8.07. The lowest BCUT2D eigenvalue weighted by Crippen LogP contribution is -2.32. The predicted molar refractivity (Wildman–Crippen MR) is 47.7 cm³/mol. The summed E-state index contributed by atoms with van der Waals surface area (Å²) < 4.78 is 35.0. The lowest BCUT2D eigenvalue weighted by atomic mass is 10.5.